The lowest BCUT2D eigenvalue weighted by Crippen LogP contribution is -2.17. The first-order valence-corrected chi connectivity index (χ1v) is 10.00. The molecule has 8 nitrogen and oxygen atoms in total. The van der Waals surface area contributed by atoms with Gasteiger partial charge in [-0.05, 0) is 49.7 Å². The van der Waals surface area contributed by atoms with Gasteiger partial charge in [0, 0.05) is 11.4 Å². The fraction of sp³-hybridized carbons (Fsp3) is 0.278. The standard InChI is InChI=1S/C18H21N3O5S/c1-3-4-11-27(25,26)21-14-7-5-13(6-8-14)20-17(22)16-10-9-15(18(23)24)12(2)19-16/h5-10,21H,3-4,11H2,1-2H3,(H,20,22)(H,23,24). The second-order valence-corrected chi connectivity index (χ2v) is 7.78. The van der Waals surface area contributed by atoms with Crippen LogP contribution in [0.3, 0.4) is 0 Å². The van der Waals surface area contributed by atoms with Crippen LogP contribution in [0.1, 0.15) is 46.3 Å². The zero-order valence-corrected chi connectivity index (χ0v) is 15.8. The summed E-state index contributed by atoms with van der Waals surface area (Å²) in [7, 11) is -3.39. The summed E-state index contributed by atoms with van der Waals surface area (Å²) in [5, 5.41) is 11.6. The highest BCUT2D eigenvalue weighted by Gasteiger charge is 2.14. The number of carboxylic acids is 1. The Balaban J connectivity index is 2.05. The Hall–Kier alpha value is -2.94. The summed E-state index contributed by atoms with van der Waals surface area (Å²) in [6.45, 7) is 3.43. The number of nitrogens with one attached hydrogen (secondary N) is 2. The minimum Gasteiger partial charge on any atom is -0.478 e. The Morgan fingerprint density at radius 2 is 1.70 bits per heavy atom. The summed E-state index contributed by atoms with van der Waals surface area (Å²) < 4.78 is 26.2. The minimum absolute atomic E-state index is 0.0336. The van der Waals surface area contributed by atoms with E-state index in [4.69, 9.17) is 5.11 Å². The summed E-state index contributed by atoms with van der Waals surface area (Å²) >= 11 is 0. The van der Waals surface area contributed by atoms with Crippen molar-refractivity contribution in [3.05, 3.63) is 53.3 Å². The lowest BCUT2D eigenvalue weighted by Gasteiger charge is -2.09. The lowest BCUT2D eigenvalue weighted by molar-refractivity contribution is 0.0695. The average Bonchev–Trinajstić information content (AvgIpc) is 2.61. The number of anilines is 2. The second kappa shape index (κ2) is 8.63. The van der Waals surface area contributed by atoms with Gasteiger partial charge in [0.2, 0.25) is 10.0 Å². The van der Waals surface area contributed by atoms with E-state index in [1.807, 2.05) is 6.92 Å². The van der Waals surface area contributed by atoms with Gasteiger partial charge in [0.25, 0.3) is 5.91 Å². The third kappa shape index (κ3) is 5.78. The third-order valence-corrected chi connectivity index (χ3v) is 5.10. The van der Waals surface area contributed by atoms with Crippen LogP contribution in [0.15, 0.2) is 36.4 Å². The molecule has 0 aliphatic carbocycles. The van der Waals surface area contributed by atoms with Gasteiger partial charge in [0.1, 0.15) is 5.69 Å². The van der Waals surface area contributed by atoms with Crippen LogP contribution >= 0.6 is 0 Å². The van der Waals surface area contributed by atoms with E-state index in [2.05, 4.69) is 15.0 Å². The summed E-state index contributed by atoms with van der Waals surface area (Å²) in [5.74, 6) is -1.55. The van der Waals surface area contributed by atoms with Crippen molar-refractivity contribution in [2.45, 2.75) is 26.7 Å². The van der Waals surface area contributed by atoms with Crippen LogP contribution in [0, 0.1) is 6.92 Å². The first-order chi connectivity index (χ1) is 12.7. The molecule has 0 atom stereocenters. The molecule has 1 amide bonds. The fourth-order valence-corrected chi connectivity index (χ4v) is 3.56. The van der Waals surface area contributed by atoms with E-state index in [-0.39, 0.29) is 22.7 Å². The van der Waals surface area contributed by atoms with E-state index in [0.717, 1.165) is 6.42 Å². The smallest absolute Gasteiger partial charge is 0.337 e. The van der Waals surface area contributed by atoms with E-state index >= 15 is 0 Å². The number of carbonyl (C=O) groups is 2. The summed E-state index contributed by atoms with van der Waals surface area (Å²) in [6, 6.07) is 8.88. The Kier molecular flexibility index (Phi) is 6.51. The van der Waals surface area contributed by atoms with Crippen LogP contribution in [0.5, 0.6) is 0 Å². The first-order valence-electron chi connectivity index (χ1n) is 8.34. The van der Waals surface area contributed by atoms with E-state index in [9.17, 15) is 18.0 Å². The van der Waals surface area contributed by atoms with Gasteiger partial charge in [-0.2, -0.15) is 0 Å². The molecule has 1 aromatic carbocycles. The number of carboxylic acid groups (broad SMARTS) is 1. The number of aromatic carboxylic acids is 1. The highest BCUT2D eigenvalue weighted by Crippen LogP contribution is 2.16. The molecule has 9 heteroatoms. The van der Waals surface area contributed by atoms with Crippen molar-refractivity contribution in [2.75, 3.05) is 15.8 Å². The Bertz CT molecular complexity index is 940. The number of nitrogens with zero attached hydrogens (tertiary/aromatic N) is 1. The van der Waals surface area contributed by atoms with Crippen LogP contribution in [-0.2, 0) is 10.0 Å². The number of sulfonamides is 1. The minimum atomic E-state index is -3.39. The highest BCUT2D eigenvalue weighted by atomic mass is 32.2. The lowest BCUT2D eigenvalue weighted by atomic mass is 10.2. The second-order valence-electron chi connectivity index (χ2n) is 5.94. The molecule has 1 aromatic heterocycles. The van der Waals surface area contributed by atoms with Crippen molar-refractivity contribution in [1.29, 1.82) is 0 Å². The molecule has 0 bridgehead atoms. The number of hydrogen-bond acceptors (Lipinski definition) is 5. The summed E-state index contributed by atoms with van der Waals surface area (Å²) in [4.78, 5) is 27.2. The number of pyridine rings is 1. The van der Waals surface area contributed by atoms with Crippen LogP contribution in [-0.4, -0.2) is 36.1 Å². The zero-order valence-electron chi connectivity index (χ0n) is 15.0. The monoisotopic (exact) mass is 391 g/mol. The SMILES string of the molecule is CCCCS(=O)(=O)Nc1ccc(NC(=O)c2ccc(C(=O)O)c(C)n2)cc1. The molecule has 0 spiro atoms. The number of aryl methyl sites for hydroxylation is 1. The predicted molar refractivity (Wildman–Crippen MR) is 103 cm³/mol. The van der Waals surface area contributed by atoms with Crippen LogP contribution in [0.2, 0.25) is 0 Å². The van der Waals surface area contributed by atoms with Crippen molar-refractivity contribution >= 4 is 33.3 Å². The molecule has 1 heterocycles. The van der Waals surface area contributed by atoms with E-state index in [0.29, 0.717) is 17.8 Å². The Labute approximate surface area is 157 Å². The Morgan fingerprint density at radius 1 is 1.07 bits per heavy atom. The molecule has 0 radical (unpaired) electrons. The van der Waals surface area contributed by atoms with Crippen molar-refractivity contribution < 1.29 is 23.1 Å². The topological polar surface area (TPSA) is 125 Å². The van der Waals surface area contributed by atoms with Gasteiger partial charge in [-0.25, -0.2) is 18.2 Å². The molecule has 144 valence electrons. The number of aromatic nitrogens is 1. The van der Waals surface area contributed by atoms with Gasteiger partial charge in [-0.3, -0.25) is 9.52 Å². The van der Waals surface area contributed by atoms with Crippen molar-refractivity contribution in [3.63, 3.8) is 0 Å². The molecule has 0 unspecified atom stereocenters. The molecule has 0 aliphatic heterocycles. The molecule has 0 saturated carbocycles. The molecule has 0 saturated heterocycles. The Morgan fingerprint density at radius 3 is 2.26 bits per heavy atom. The maximum Gasteiger partial charge on any atom is 0.337 e. The maximum atomic E-state index is 12.2. The van der Waals surface area contributed by atoms with Crippen LogP contribution in [0.25, 0.3) is 0 Å². The molecular formula is C18H21N3O5S. The predicted octanol–water partition coefficient (Wildman–Crippen LogP) is 2.88. The van der Waals surface area contributed by atoms with Gasteiger partial charge in [-0.15, -0.1) is 0 Å². The number of carbonyl (C=O) groups excluding carboxylic acids is 1. The number of rotatable bonds is 8. The van der Waals surface area contributed by atoms with Gasteiger partial charge >= 0.3 is 5.97 Å². The van der Waals surface area contributed by atoms with Crippen molar-refractivity contribution in [2.24, 2.45) is 0 Å². The maximum absolute atomic E-state index is 12.2. The molecule has 2 rings (SSSR count). The van der Waals surface area contributed by atoms with Crippen molar-refractivity contribution in [1.82, 2.24) is 4.98 Å². The number of benzene rings is 1. The van der Waals surface area contributed by atoms with Gasteiger partial charge in [0.05, 0.1) is 17.0 Å². The zero-order chi connectivity index (χ0) is 20.0. The fourth-order valence-electron chi connectivity index (χ4n) is 2.30. The van der Waals surface area contributed by atoms with Gasteiger partial charge < -0.3 is 10.4 Å². The molecule has 2 aromatic rings. The van der Waals surface area contributed by atoms with E-state index in [1.165, 1.54) is 19.1 Å². The van der Waals surface area contributed by atoms with E-state index < -0.39 is 21.9 Å². The quantitative estimate of drug-likeness (QED) is 0.635. The van der Waals surface area contributed by atoms with E-state index in [1.54, 1.807) is 24.3 Å². The number of amides is 1. The number of hydrogen-bond donors (Lipinski definition) is 3. The molecular weight excluding hydrogens is 370 g/mol. The van der Waals surface area contributed by atoms with Crippen molar-refractivity contribution in [3.8, 4) is 0 Å². The van der Waals surface area contributed by atoms with Gasteiger partial charge in [-0.1, -0.05) is 13.3 Å². The molecule has 0 fully saturated rings. The third-order valence-electron chi connectivity index (χ3n) is 3.73. The highest BCUT2D eigenvalue weighted by molar-refractivity contribution is 7.92. The normalized spacial score (nSPS) is 11.0. The molecule has 0 aliphatic rings. The summed E-state index contributed by atoms with van der Waals surface area (Å²) in [5.41, 5.74) is 1.22. The molecule has 27 heavy (non-hydrogen) atoms. The first kappa shape index (κ1) is 20.4. The van der Waals surface area contributed by atoms with Crippen LogP contribution in [0.4, 0.5) is 11.4 Å². The van der Waals surface area contributed by atoms with Crippen LogP contribution < -0.4 is 10.0 Å². The number of unbranched alkanes of at least 4 members (excludes halogenated alkanes) is 1. The average molecular weight is 391 g/mol. The summed E-state index contributed by atoms with van der Waals surface area (Å²) in [6.07, 6.45) is 1.36. The molecule has 3 N–H and O–H groups in total. The largest absolute Gasteiger partial charge is 0.478 e. The van der Waals surface area contributed by atoms with Gasteiger partial charge in [0.15, 0.2) is 0 Å².